The maximum atomic E-state index is 11.9. The van der Waals surface area contributed by atoms with Gasteiger partial charge in [0, 0.05) is 11.6 Å². The highest BCUT2D eigenvalue weighted by Gasteiger charge is 2.09. The second-order valence-electron chi connectivity index (χ2n) is 3.98. The lowest BCUT2D eigenvalue weighted by molar-refractivity contribution is -0.380. The number of halogens is 1. The zero-order valence-corrected chi connectivity index (χ0v) is 13.7. The maximum Gasteiger partial charge on any atom is 0.324 e. The van der Waals surface area contributed by atoms with Gasteiger partial charge in [-0.15, -0.1) is 0 Å². The third-order valence-corrected chi connectivity index (χ3v) is 4.16. The molecule has 0 radical (unpaired) electrons. The highest BCUT2D eigenvalue weighted by atomic mass is 79.9. The molecule has 1 amide bonds. The van der Waals surface area contributed by atoms with Crippen LogP contribution in [-0.2, 0) is 0 Å². The summed E-state index contributed by atoms with van der Waals surface area (Å²) in [7, 11) is 1.53. The van der Waals surface area contributed by atoms with Gasteiger partial charge < -0.3 is 4.74 Å². The summed E-state index contributed by atoms with van der Waals surface area (Å²) in [5.41, 5.74) is 2.76. The molecule has 9 heteroatoms. The predicted molar refractivity (Wildman–Crippen MR) is 86.7 cm³/mol. The van der Waals surface area contributed by atoms with E-state index in [1.54, 1.807) is 24.3 Å². The minimum Gasteiger partial charge on any atom is -0.496 e. The van der Waals surface area contributed by atoms with E-state index in [1.165, 1.54) is 19.4 Å². The van der Waals surface area contributed by atoms with E-state index in [0.29, 0.717) is 20.7 Å². The number of hydrogen-bond acceptors (Lipinski definition) is 6. The SMILES string of the molecule is COc1ccc(C(=O)NN=Cc2ccc([N+](=O)[O-])s2)cc1Br. The molecule has 2 aromatic rings. The first-order valence-electron chi connectivity index (χ1n) is 5.92. The predicted octanol–water partition coefficient (Wildman–Crippen LogP) is 3.19. The summed E-state index contributed by atoms with van der Waals surface area (Å²) in [5.74, 6) is 0.219. The maximum absolute atomic E-state index is 11.9. The Hall–Kier alpha value is -2.26. The molecule has 114 valence electrons. The number of thiophene rings is 1. The number of methoxy groups -OCH3 is 1. The summed E-state index contributed by atoms with van der Waals surface area (Å²) in [6.45, 7) is 0. The molecule has 1 heterocycles. The molecule has 0 unspecified atom stereocenters. The van der Waals surface area contributed by atoms with E-state index >= 15 is 0 Å². The Morgan fingerprint density at radius 2 is 2.23 bits per heavy atom. The molecular formula is C13H10BrN3O4S. The number of nitro groups is 1. The van der Waals surface area contributed by atoms with Crippen molar-refractivity contribution in [2.75, 3.05) is 7.11 Å². The number of carbonyl (C=O) groups is 1. The Labute approximate surface area is 137 Å². The molecule has 22 heavy (non-hydrogen) atoms. The lowest BCUT2D eigenvalue weighted by atomic mass is 10.2. The van der Waals surface area contributed by atoms with Crippen molar-refractivity contribution in [3.8, 4) is 5.75 Å². The number of benzene rings is 1. The van der Waals surface area contributed by atoms with Gasteiger partial charge in [-0.25, -0.2) is 5.43 Å². The topological polar surface area (TPSA) is 93.8 Å². The molecule has 1 aromatic heterocycles. The molecule has 1 N–H and O–H groups in total. The summed E-state index contributed by atoms with van der Waals surface area (Å²) >= 11 is 4.26. The Morgan fingerprint density at radius 1 is 1.45 bits per heavy atom. The monoisotopic (exact) mass is 383 g/mol. The highest BCUT2D eigenvalue weighted by Crippen LogP contribution is 2.25. The molecule has 0 saturated heterocycles. The van der Waals surface area contributed by atoms with Crippen molar-refractivity contribution in [3.05, 3.63) is 55.4 Å². The van der Waals surface area contributed by atoms with E-state index in [4.69, 9.17) is 4.74 Å². The molecule has 7 nitrogen and oxygen atoms in total. The van der Waals surface area contributed by atoms with Crippen LogP contribution in [0.15, 0.2) is 39.9 Å². The van der Waals surface area contributed by atoms with Crippen molar-refractivity contribution < 1.29 is 14.5 Å². The van der Waals surface area contributed by atoms with Gasteiger partial charge in [-0.2, -0.15) is 5.10 Å². The van der Waals surface area contributed by atoms with E-state index in [0.717, 1.165) is 11.3 Å². The molecule has 1 aromatic carbocycles. The van der Waals surface area contributed by atoms with Gasteiger partial charge in [-0.3, -0.25) is 14.9 Å². The minimum absolute atomic E-state index is 0.0202. The van der Waals surface area contributed by atoms with E-state index in [-0.39, 0.29) is 5.00 Å². The first kappa shape index (κ1) is 16.1. The number of nitrogens with one attached hydrogen (secondary N) is 1. The molecule has 2 rings (SSSR count). The molecule has 0 bridgehead atoms. The first-order chi connectivity index (χ1) is 10.5. The van der Waals surface area contributed by atoms with Crippen LogP contribution in [-0.4, -0.2) is 24.2 Å². The van der Waals surface area contributed by atoms with Crippen LogP contribution in [0, 0.1) is 10.1 Å². The van der Waals surface area contributed by atoms with Gasteiger partial charge in [0.1, 0.15) is 5.75 Å². The zero-order valence-electron chi connectivity index (χ0n) is 11.3. The van der Waals surface area contributed by atoms with Gasteiger partial charge in [0.2, 0.25) is 0 Å². The van der Waals surface area contributed by atoms with Crippen LogP contribution in [0.4, 0.5) is 5.00 Å². The number of rotatable bonds is 5. The van der Waals surface area contributed by atoms with Crippen molar-refractivity contribution in [1.82, 2.24) is 5.43 Å². The minimum atomic E-state index is -0.477. The summed E-state index contributed by atoms with van der Waals surface area (Å²) in [4.78, 5) is 22.6. The van der Waals surface area contributed by atoms with Crippen LogP contribution >= 0.6 is 27.3 Å². The van der Waals surface area contributed by atoms with Crippen LogP contribution in [0.2, 0.25) is 0 Å². The number of hydrogen-bond donors (Lipinski definition) is 1. The Balaban J connectivity index is 2.01. The van der Waals surface area contributed by atoms with Crippen molar-refractivity contribution >= 4 is 44.4 Å². The van der Waals surface area contributed by atoms with E-state index in [2.05, 4.69) is 26.5 Å². The molecule has 0 aliphatic rings. The molecular weight excluding hydrogens is 374 g/mol. The summed E-state index contributed by atoms with van der Waals surface area (Å²) in [5, 5.41) is 14.4. The van der Waals surface area contributed by atoms with Gasteiger partial charge >= 0.3 is 5.00 Å². The fourth-order valence-electron chi connectivity index (χ4n) is 1.54. The van der Waals surface area contributed by atoms with E-state index in [9.17, 15) is 14.9 Å². The van der Waals surface area contributed by atoms with E-state index < -0.39 is 10.8 Å². The van der Waals surface area contributed by atoms with Crippen molar-refractivity contribution in [1.29, 1.82) is 0 Å². The fraction of sp³-hybridized carbons (Fsp3) is 0.0769. The normalized spacial score (nSPS) is 10.6. The molecule has 0 atom stereocenters. The van der Waals surface area contributed by atoms with Crippen molar-refractivity contribution in [2.45, 2.75) is 0 Å². The number of hydrazone groups is 1. The first-order valence-corrected chi connectivity index (χ1v) is 7.53. The Bertz CT molecular complexity index is 745. The smallest absolute Gasteiger partial charge is 0.324 e. The van der Waals surface area contributed by atoms with Crippen LogP contribution < -0.4 is 10.2 Å². The molecule has 0 aliphatic carbocycles. The standard InChI is InChI=1S/C13H10BrN3O4S/c1-21-11-4-2-8(6-10(11)14)13(18)16-15-7-9-3-5-12(22-9)17(19)20/h2-7H,1H3,(H,16,18). The second-order valence-corrected chi connectivity index (χ2v) is 5.93. The summed E-state index contributed by atoms with van der Waals surface area (Å²) < 4.78 is 5.73. The zero-order chi connectivity index (χ0) is 16.1. The average Bonchev–Trinajstić information content (AvgIpc) is 2.96. The number of ether oxygens (including phenoxy) is 1. The van der Waals surface area contributed by atoms with Gasteiger partial charge in [0.25, 0.3) is 5.91 Å². The number of amides is 1. The number of carbonyl (C=O) groups excluding carboxylic acids is 1. The van der Waals surface area contributed by atoms with Crippen LogP contribution in [0.3, 0.4) is 0 Å². The third-order valence-electron chi connectivity index (χ3n) is 2.56. The Kier molecular flexibility index (Phi) is 5.23. The largest absolute Gasteiger partial charge is 0.496 e. The van der Waals surface area contributed by atoms with E-state index in [1.807, 2.05) is 0 Å². The molecule has 0 spiro atoms. The highest BCUT2D eigenvalue weighted by molar-refractivity contribution is 9.10. The van der Waals surface area contributed by atoms with Crippen molar-refractivity contribution in [3.63, 3.8) is 0 Å². The fourth-order valence-corrected chi connectivity index (χ4v) is 2.77. The second kappa shape index (κ2) is 7.14. The lowest BCUT2D eigenvalue weighted by Gasteiger charge is -2.05. The van der Waals surface area contributed by atoms with Gasteiger partial charge in [-0.1, -0.05) is 11.3 Å². The third kappa shape index (κ3) is 3.89. The van der Waals surface area contributed by atoms with Crippen LogP contribution in [0.1, 0.15) is 15.2 Å². The van der Waals surface area contributed by atoms with Crippen LogP contribution in [0.25, 0.3) is 0 Å². The van der Waals surface area contributed by atoms with Crippen molar-refractivity contribution in [2.24, 2.45) is 5.10 Å². The van der Waals surface area contributed by atoms with Gasteiger partial charge in [0.15, 0.2) is 0 Å². The van der Waals surface area contributed by atoms with Gasteiger partial charge in [0.05, 0.1) is 27.6 Å². The summed E-state index contributed by atoms with van der Waals surface area (Å²) in [6.07, 6.45) is 1.36. The molecule has 0 fully saturated rings. The summed E-state index contributed by atoms with van der Waals surface area (Å²) in [6, 6.07) is 7.81. The average molecular weight is 384 g/mol. The molecule has 0 saturated carbocycles. The van der Waals surface area contributed by atoms with Gasteiger partial charge in [-0.05, 0) is 40.2 Å². The van der Waals surface area contributed by atoms with Crippen LogP contribution in [0.5, 0.6) is 5.75 Å². The lowest BCUT2D eigenvalue weighted by Crippen LogP contribution is -2.17. The Morgan fingerprint density at radius 3 is 2.82 bits per heavy atom. The molecule has 0 aliphatic heterocycles. The quantitative estimate of drug-likeness (QED) is 0.487. The number of nitrogens with zero attached hydrogens (tertiary/aromatic N) is 2.